The number of aryl methyl sites for hydroxylation is 1. The highest BCUT2D eigenvalue weighted by Crippen LogP contribution is 2.38. The van der Waals surface area contributed by atoms with Crippen LogP contribution in [0.15, 0.2) is 5.38 Å². The first kappa shape index (κ1) is 14.0. The van der Waals surface area contributed by atoms with Crippen LogP contribution in [-0.4, -0.2) is 11.5 Å². The van der Waals surface area contributed by atoms with Crippen LogP contribution in [0.5, 0.6) is 0 Å². The summed E-state index contributed by atoms with van der Waals surface area (Å²) in [6.07, 6.45) is 5.16. The molecule has 1 saturated carbocycles. The summed E-state index contributed by atoms with van der Waals surface area (Å²) in [5.74, 6) is 3.15. The predicted molar refractivity (Wildman–Crippen MR) is 78.8 cm³/mol. The minimum absolute atomic E-state index is 0.710. The highest BCUT2D eigenvalue weighted by molar-refractivity contribution is 7.09. The molecule has 1 aliphatic rings. The lowest BCUT2D eigenvalue weighted by Crippen LogP contribution is -2.33. The van der Waals surface area contributed by atoms with Crippen molar-refractivity contribution in [3.8, 4) is 0 Å². The molecular weight excluding hydrogens is 240 g/mol. The Morgan fingerprint density at radius 2 is 2.17 bits per heavy atom. The van der Waals surface area contributed by atoms with Crippen LogP contribution in [0.1, 0.15) is 43.8 Å². The van der Waals surface area contributed by atoms with Gasteiger partial charge in [-0.15, -0.1) is 11.3 Å². The molecule has 0 spiro atoms. The largest absolute Gasteiger partial charge is 0.330 e. The maximum absolute atomic E-state index is 5.96. The van der Waals surface area contributed by atoms with Gasteiger partial charge in [-0.2, -0.15) is 0 Å². The first-order valence-corrected chi connectivity index (χ1v) is 8.09. The maximum atomic E-state index is 5.96. The number of nitrogens with zero attached hydrogens (tertiary/aromatic N) is 1. The lowest BCUT2D eigenvalue weighted by atomic mass is 9.69. The topological polar surface area (TPSA) is 38.9 Å². The molecule has 0 saturated heterocycles. The van der Waals surface area contributed by atoms with E-state index in [1.165, 1.54) is 30.0 Å². The van der Waals surface area contributed by atoms with Gasteiger partial charge in [-0.05, 0) is 62.8 Å². The summed E-state index contributed by atoms with van der Waals surface area (Å²) in [7, 11) is 0. The smallest absolute Gasteiger partial charge is 0.0897 e. The summed E-state index contributed by atoms with van der Waals surface area (Å²) in [6.45, 7) is 7.65. The van der Waals surface area contributed by atoms with Crippen LogP contribution in [0.3, 0.4) is 0 Å². The van der Waals surface area contributed by atoms with Crippen LogP contribution in [-0.2, 0) is 6.42 Å². The second-order valence-electron chi connectivity index (χ2n) is 6.13. The van der Waals surface area contributed by atoms with Gasteiger partial charge in [0.2, 0.25) is 0 Å². The minimum atomic E-state index is 0.710. The normalized spacial score (nSPS) is 28.8. The lowest BCUT2D eigenvalue weighted by molar-refractivity contribution is 0.150. The monoisotopic (exact) mass is 266 g/mol. The van der Waals surface area contributed by atoms with Crippen molar-refractivity contribution in [1.29, 1.82) is 0 Å². The van der Waals surface area contributed by atoms with Crippen molar-refractivity contribution >= 4 is 11.3 Å². The maximum Gasteiger partial charge on any atom is 0.0897 e. The predicted octanol–water partition coefficient (Wildman–Crippen LogP) is 3.64. The molecule has 102 valence electrons. The SMILES string of the molecule is Cc1nc(CC2CC(C(C)C)CCC2CN)cs1. The summed E-state index contributed by atoms with van der Waals surface area (Å²) in [5.41, 5.74) is 7.24. The molecule has 1 aliphatic carbocycles. The number of thiazole rings is 1. The fraction of sp³-hybridized carbons (Fsp3) is 0.800. The molecule has 18 heavy (non-hydrogen) atoms. The van der Waals surface area contributed by atoms with E-state index in [0.717, 1.165) is 30.7 Å². The van der Waals surface area contributed by atoms with Crippen LogP contribution in [0.4, 0.5) is 0 Å². The van der Waals surface area contributed by atoms with E-state index in [-0.39, 0.29) is 0 Å². The Balaban J connectivity index is 2.02. The summed E-state index contributed by atoms with van der Waals surface area (Å²) in [6, 6.07) is 0. The van der Waals surface area contributed by atoms with Crippen LogP contribution in [0.2, 0.25) is 0 Å². The molecule has 0 aliphatic heterocycles. The van der Waals surface area contributed by atoms with Gasteiger partial charge in [0.25, 0.3) is 0 Å². The first-order chi connectivity index (χ1) is 8.60. The molecule has 3 heteroatoms. The van der Waals surface area contributed by atoms with E-state index in [2.05, 4.69) is 31.1 Å². The molecule has 2 nitrogen and oxygen atoms in total. The summed E-state index contributed by atoms with van der Waals surface area (Å²) in [4.78, 5) is 4.62. The Bertz CT molecular complexity index is 372. The number of rotatable bonds is 4. The zero-order chi connectivity index (χ0) is 13.1. The van der Waals surface area contributed by atoms with Crippen LogP contribution in [0.25, 0.3) is 0 Å². The quantitative estimate of drug-likeness (QED) is 0.903. The molecule has 0 radical (unpaired) electrons. The zero-order valence-corrected chi connectivity index (χ0v) is 12.7. The first-order valence-electron chi connectivity index (χ1n) is 7.21. The van der Waals surface area contributed by atoms with Gasteiger partial charge in [0.15, 0.2) is 0 Å². The van der Waals surface area contributed by atoms with Crippen molar-refractivity contribution in [2.45, 2.75) is 46.5 Å². The van der Waals surface area contributed by atoms with Gasteiger partial charge in [0.1, 0.15) is 0 Å². The summed E-state index contributed by atoms with van der Waals surface area (Å²) >= 11 is 1.77. The third-order valence-corrected chi connectivity index (χ3v) is 5.39. The fourth-order valence-electron chi connectivity index (χ4n) is 3.30. The minimum Gasteiger partial charge on any atom is -0.330 e. The highest BCUT2D eigenvalue weighted by Gasteiger charge is 2.31. The van der Waals surface area contributed by atoms with Gasteiger partial charge in [-0.3, -0.25) is 0 Å². The molecule has 2 rings (SSSR count). The second-order valence-corrected chi connectivity index (χ2v) is 7.20. The van der Waals surface area contributed by atoms with Gasteiger partial charge in [0.05, 0.1) is 10.7 Å². The van der Waals surface area contributed by atoms with Gasteiger partial charge in [-0.25, -0.2) is 4.98 Å². The molecule has 0 amide bonds. The van der Waals surface area contributed by atoms with Crippen LogP contribution < -0.4 is 5.73 Å². The summed E-state index contributed by atoms with van der Waals surface area (Å²) < 4.78 is 0. The van der Waals surface area contributed by atoms with E-state index in [1.807, 2.05) is 0 Å². The van der Waals surface area contributed by atoms with E-state index < -0.39 is 0 Å². The van der Waals surface area contributed by atoms with Gasteiger partial charge in [0, 0.05) is 5.38 Å². The van der Waals surface area contributed by atoms with E-state index in [0.29, 0.717) is 5.92 Å². The van der Waals surface area contributed by atoms with Crippen molar-refractivity contribution in [2.75, 3.05) is 6.54 Å². The van der Waals surface area contributed by atoms with Crippen LogP contribution >= 0.6 is 11.3 Å². The van der Waals surface area contributed by atoms with E-state index >= 15 is 0 Å². The molecule has 0 bridgehead atoms. The van der Waals surface area contributed by atoms with Crippen molar-refractivity contribution in [3.63, 3.8) is 0 Å². The van der Waals surface area contributed by atoms with Gasteiger partial charge in [-0.1, -0.05) is 13.8 Å². The molecule has 0 aromatic carbocycles. The number of aromatic nitrogens is 1. The Morgan fingerprint density at radius 3 is 2.72 bits per heavy atom. The Labute approximate surface area is 115 Å². The fourth-order valence-corrected chi connectivity index (χ4v) is 3.92. The molecular formula is C15H26N2S. The summed E-state index contributed by atoms with van der Waals surface area (Å²) in [5, 5.41) is 3.41. The van der Waals surface area contributed by atoms with Gasteiger partial charge >= 0.3 is 0 Å². The second kappa shape index (κ2) is 6.16. The third-order valence-electron chi connectivity index (χ3n) is 4.56. The number of nitrogens with two attached hydrogens (primary N) is 1. The highest BCUT2D eigenvalue weighted by atomic mass is 32.1. The van der Waals surface area contributed by atoms with E-state index in [9.17, 15) is 0 Å². The number of hydrogen-bond donors (Lipinski definition) is 1. The number of hydrogen-bond acceptors (Lipinski definition) is 3. The Kier molecular flexibility index (Phi) is 4.79. The molecule has 1 fully saturated rings. The molecule has 1 aromatic rings. The van der Waals surface area contributed by atoms with Crippen molar-refractivity contribution in [3.05, 3.63) is 16.1 Å². The average molecular weight is 266 g/mol. The lowest BCUT2D eigenvalue weighted by Gasteiger charge is -2.37. The van der Waals surface area contributed by atoms with Crippen molar-refractivity contribution < 1.29 is 0 Å². The molecule has 2 N–H and O–H groups in total. The van der Waals surface area contributed by atoms with Crippen molar-refractivity contribution in [2.24, 2.45) is 29.4 Å². The van der Waals surface area contributed by atoms with Crippen LogP contribution in [0, 0.1) is 30.6 Å². The van der Waals surface area contributed by atoms with Gasteiger partial charge < -0.3 is 5.73 Å². The van der Waals surface area contributed by atoms with E-state index in [4.69, 9.17) is 5.73 Å². The zero-order valence-electron chi connectivity index (χ0n) is 11.9. The van der Waals surface area contributed by atoms with E-state index in [1.54, 1.807) is 11.3 Å². The molecule has 3 atom stereocenters. The Morgan fingerprint density at radius 1 is 1.39 bits per heavy atom. The molecule has 3 unspecified atom stereocenters. The molecule has 1 heterocycles. The Hall–Kier alpha value is -0.410. The standard InChI is InChI=1S/C15H26N2S/c1-10(2)12-4-5-13(8-16)14(6-12)7-15-9-18-11(3)17-15/h9-10,12-14H,4-8,16H2,1-3H3. The third kappa shape index (κ3) is 3.33. The van der Waals surface area contributed by atoms with Crippen molar-refractivity contribution in [1.82, 2.24) is 4.98 Å². The average Bonchev–Trinajstić information content (AvgIpc) is 2.74. The molecule has 1 aromatic heterocycles.